The first-order chi connectivity index (χ1) is 6.72. The molecule has 4 N–H and O–H groups in total. The second kappa shape index (κ2) is 2.93. The van der Waals surface area contributed by atoms with Crippen molar-refractivity contribution in [3.05, 3.63) is 41.7 Å². The Morgan fingerprint density at radius 1 is 1.14 bits per heavy atom. The lowest BCUT2D eigenvalue weighted by atomic mass is 10.1. The summed E-state index contributed by atoms with van der Waals surface area (Å²) in [6, 6.07) is 8.98. The Hall–Kier alpha value is -2.21. The van der Waals surface area contributed by atoms with E-state index in [9.17, 15) is 0 Å². The molecule has 0 atom stereocenters. The number of anilines is 2. The zero-order valence-corrected chi connectivity index (χ0v) is 7.49. The van der Waals surface area contributed by atoms with Gasteiger partial charge in [0.15, 0.2) is 5.69 Å². The Balaban J connectivity index is 2.96. The monoisotopic (exact) mass is 183 g/mol. The van der Waals surface area contributed by atoms with Gasteiger partial charge in [-0.25, -0.2) is 4.85 Å². The van der Waals surface area contributed by atoms with E-state index in [0.29, 0.717) is 17.1 Å². The molecule has 0 aromatic heterocycles. The molecule has 0 saturated heterocycles. The van der Waals surface area contributed by atoms with E-state index in [1.165, 1.54) is 0 Å². The van der Waals surface area contributed by atoms with Crippen molar-refractivity contribution in [3.8, 4) is 0 Å². The largest absolute Gasteiger partial charge is 0.399 e. The fourth-order valence-corrected chi connectivity index (χ4v) is 1.56. The number of rotatable bonds is 0. The minimum absolute atomic E-state index is 0.562. The second-order valence-electron chi connectivity index (χ2n) is 3.10. The summed E-state index contributed by atoms with van der Waals surface area (Å²) in [5.41, 5.74) is 13.2. The Kier molecular flexibility index (Phi) is 1.76. The number of nitrogen functional groups attached to an aromatic ring is 2. The predicted molar refractivity (Wildman–Crippen MR) is 59.0 cm³/mol. The van der Waals surface area contributed by atoms with E-state index in [1.807, 2.05) is 18.2 Å². The van der Waals surface area contributed by atoms with Gasteiger partial charge in [-0.05, 0) is 17.5 Å². The van der Waals surface area contributed by atoms with Gasteiger partial charge in [0, 0.05) is 16.8 Å². The molecule has 0 aliphatic heterocycles. The van der Waals surface area contributed by atoms with Gasteiger partial charge >= 0.3 is 0 Å². The first kappa shape index (κ1) is 8.39. The highest BCUT2D eigenvalue weighted by atomic mass is 14.7. The Bertz CT molecular complexity index is 538. The summed E-state index contributed by atoms with van der Waals surface area (Å²) >= 11 is 0. The van der Waals surface area contributed by atoms with Crippen LogP contribution in [-0.4, -0.2) is 0 Å². The lowest BCUT2D eigenvalue weighted by Crippen LogP contribution is -1.91. The maximum Gasteiger partial charge on any atom is 0.196 e. The molecule has 2 rings (SSSR count). The summed E-state index contributed by atoms with van der Waals surface area (Å²) < 4.78 is 0. The number of hydrogen-bond acceptors (Lipinski definition) is 2. The summed E-state index contributed by atoms with van der Waals surface area (Å²) in [5, 5.41) is 1.70. The van der Waals surface area contributed by atoms with Crippen LogP contribution in [0.5, 0.6) is 0 Å². The first-order valence-corrected chi connectivity index (χ1v) is 4.17. The summed E-state index contributed by atoms with van der Waals surface area (Å²) in [5.74, 6) is 0. The van der Waals surface area contributed by atoms with Crippen LogP contribution in [0.15, 0.2) is 30.3 Å². The molecule has 2 aromatic carbocycles. The van der Waals surface area contributed by atoms with Crippen LogP contribution in [0.25, 0.3) is 15.6 Å². The fourth-order valence-electron chi connectivity index (χ4n) is 1.56. The van der Waals surface area contributed by atoms with Gasteiger partial charge in [-0.2, -0.15) is 0 Å². The number of nitrogens with zero attached hydrogens (tertiary/aromatic N) is 1. The quantitative estimate of drug-likeness (QED) is 0.487. The smallest absolute Gasteiger partial charge is 0.196 e. The fraction of sp³-hybridized carbons (Fsp3) is 0. The van der Waals surface area contributed by atoms with Crippen molar-refractivity contribution in [3.63, 3.8) is 0 Å². The van der Waals surface area contributed by atoms with Crippen LogP contribution < -0.4 is 11.5 Å². The predicted octanol–water partition coefficient (Wildman–Crippen LogP) is 2.55. The van der Waals surface area contributed by atoms with Gasteiger partial charge in [0.25, 0.3) is 0 Å². The number of benzene rings is 2. The maximum absolute atomic E-state index is 7.01. The van der Waals surface area contributed by atoms with Gasteiger partial charge in [-0.1, -0.05) is 18.2 Å². The Labute approximate surface area is 81.8 Å². The minimum Gasteiger partial charge on any atom is -0.399 e. The number of fused-ring (bicyclic) bond motifs is 1. The number of hydrogen-bond donors (Lipinski definition) is 2. The van der Waals surface area contributed by atoms with Crippen LogP contribution in [0.2, 0.25) is 0 Å². The summed E-state index contributed by atoms with van der Waals surface area (Å²) in [6.07, 6.45) is 0. The maximum atomic E-state index is 7.01. The summed E-state index contributed by atoms with van der Waals surface area (Å²) in [4.78, 5) is 3.42. The van der Waals surface area contributed by atoms with Crippen molar-refractivity contribution in [1.82, 2.24) is 0 Å². The molecule has 0 amide bonds. The van der Waals surface area contributed by atoms with Gasteiger partial charge in [0.05, 0.1) is 6.57 Å². The molecular weight excluding hydrogens is 174 g/mol. The molecule has 14 heavy (non-hydrogen) atoms. The van der Waals surface area contributed by atoms with Crippen LogP contribution in [0.3, 0.4) is 0 Å². The molecular formula is C11H9N3. The molecule has 0 unspecified atom stereocenters. The van der Waals surface area contributed by atoms with E-state index in [-0.39, 0.29) is 0 Å². The molecule has 0 spiro atoms. The summed E-state index contributed by atoms with van der Waals surface area (Å²) in [7, 11) is 0. The molecule has 0 radical (unpaired) electrons. The zero-order valence-electron chi connectivity index (χ0n) is 7.49. The van der Waals surface area contributed by atoms with Crippen molar-refractivity contribution in [1.29, 1.82) is 0 Å². The summed E-state index contributed by atoms with van der Waals surface area (Å²) in [6.45, 7) is 7.01. The van der Waals surface area contributed by atoms with Crippen molar-refractivity contribution < 1.29 is 0 Å². The average molecular weight is 183 g/mol. The van der Waals surface area contributed by atoms with E-state index >= 15 is 0 Å². The van der Waals surface area contributed by atoms with Crippen LogP contribution in [0.4, 0.5) is 17.1 Å². The lowest BCUT2D eigenvalue weighted by Gasteiger charge is -2.05. The molecule has 2 aromatic rings. The molecule has 68 valence electrons. The van der Waals surface area contributed by atoms with Crippen LogP contribution >= 0.6 is 0 Å². The van der Waals surface area contributed by atoms with Crippen LogP contribution in [-0.2, 0) is 0 Å². The molecule has 3 heteroatoms. The zero-order chi connectivity index (χ0) is 10.1. The highest BCUT2D eigenvalue weighted by molar-refractivity contribution is 6.04. The minimum atomic E-state index is 0.562. The normalized spacial score (nSPS) is 9.93. The third kappa shape index (κ3) is 1.14. The van der Waals surface area contributed by atoms with E-state index < -0.39 is 0 Å². The van der Waals surface area contributed by atoms with Gasteiger partial charge < -0.3 is 11.5 Å². The SMILES string of the molecule is [C-]#[N+]c1cccc2cc(N)cc(N)c12. The highest BCUT2D eigenvalue weighted by Gasteiger charge is 2.04. The van der Waals surface area contributed by atoms with E-state index in [4.69, 9.17) is 18.0 Å². The molecule has 3 nitrogen and oxygen atoms in total. The van der Waals surface area contributed by atoms with Crippen molar-refractivity contribution in [2.75, 3.05) is 11.5 Å². The van der Waals surface area contributed by atoms with Crippen molar-refractivity contribution >= 4 is 27.8 Å². The molecule has 0 saturated carbocycles. The Morgan fingerprint density at radius 3 is 2.64 bits per heavy atom. The molecule has 0 bridgehead atoms. The van der Waals surface area contributed by atoms with Crippen molar-refractivity contribution in [2.45, 2.75) is 0 Å². The third-order valence-electron chi connectivity index (χ3n) is 2.13. The first-order valence-electron chi connectivity index (χ1n) is 4.17. The molecule has 0 aliphatic rings. The molecule has 0 fully saturated rings. The van der Waals surface area contributed by atoms with Crippen LogP contribution in [0.1, 0.15) is 0 Å². The third-order valence-corrected chi connectivity index (χ3v) is 2.13. The van der Waals surface area contributed by atoms with Crippen LogP contribution in [0, 0.1) is 6.57 Å². The second-order valence-corrected chi connectivity index (χ2v) is 3.10. The molecule has 0 heterocycles. The Morgan fingerprint density at radius 2 is 1.93 bits per heavy atom. The number of nitrogens with two attached hydrogens (primary N) is 2. The van der Waals surface area contributed by atoms with Gasteiger partial charge in [-0.3, -0.25) is 0 Å². The van der Waals surface area contributed by atoms with Gasteiger partial charge in [-0.15, -0.1) is 0 Å². The van der Waals surface area contributed by atoms with E-state index in [2.05, 4.69) is 4.85 Å². The van der Waals surface area contributed by atoms with Gasteiger partial charge in [0.2, 0.25) is 0 Å². The standard InChI is InChI=1S/C11H9N3/c1-14-10-4-2-3-7-5-8(12)6-9(13)11(7)10/h2-6H,12-13H2. The average Bonchev–Trinajstić information content (AvgIpc) is 2.16. The lowest BCUT2D eigenvalue weighted by molar-refractivity contribution is 1.71. The van der Waals surface area contributed by atoms with E-state index in [1.54, 1.807) is 12.1 Å². The van der Waals surface area contributed by atoms with Crippen molar-refractivity contribution in [2.24, 2.45) is 0 Å². The highest BCUT2D eigenvalue weighted by Crippen LogP contribution is 2.32. The molecule has 0 aliphatic carbocycles. The van der Waals surface area contributed by atoms with Gasteiger partial charge in [0.1, 0.15) is 0 Å². The topological polar surface area (TPSA) is 56.4 Å². The van der Waals surface area contributed by atoms with E-state index in [0.717, 1.165) is 10.8 Å².